The number of hydrogen-bond acceptors (Lipinski definition) is 4. The number of fused-ring (bicyclic) bond motifs is 1. The second kappa shape index (κ2) is 7.06. The van der Waals surface area contributed by atoms with Crippen LogP contribution in [0.4, 0.5) is 10.1 Å². The normalized spacial score (nSPS) is 16.4. The van der Waals surface area contributed by atoms with Crippen molar-refractivity contribution in [1.82, 2.24) is 9.84 Å². The number of halogens is 1. The van der Waals surface area contributed by atoms with Gasteiger partial charge in [-0.25, -0.2) is 17.8 Å². The van der Waals surface area contributed by atoms with Gasteiger partial charge in [-0.05, 0) is 30.3 Å². The van der Waals surface area contributed by atoms with Crippen LogP contribution >= 0.6 is 0 Å². The van der Waals surface area contributed by atoms with Crippen LogP contribution in [-0.2, 0) is 10.0 Å². The molecule has 8 heteroatoms. The molecule has 1 amide bonds. The Balaban J connectivity index is 1.80. The minimum atomic E-state index is -4.06. The van der Waals surface area contributed by atoms with Gasteiger partial charge in [-0.3, -0.25) is 4.79 Å². The third-order valence-electron chi connectivity index (χ3n) is 4.40. The Bertz CT molecular complexity index is 1140. The number of hydrazine groups is 1. The number of amides is 1. The Hall–Kier alpha value is -3.23. The summed E-state index contributed by atoms with van der Waals surface area (Å²) in [5, 5.41) is 3.95. The molecular formula is C20H16FN3O3S. The third kappa shape index (κ3) is 3.23. The first kappa shape index (κ1) is 18.1. The molecule has 0 bridgehead atoms. The van der Waals surface area contributed by atoms with E-state index in [1.165, 1.54) is 30.3 Å². The molecule has 1 unspecified atom stereocenters. The van der Waals surface area contributed by atoms with Crippen molar-refractivity contribution in [1.29, 1.82) is 0 Å². The highest BCUT2D eigenvalue weighted by atomic mass is 32.2. The van der Waals surface area contributed by atoms with Gasteiger partial charge >= 0.3 is 0 Å². The first-order valence-corrected chi connectivity index (χ1v) is 9.97. The van der Waals surface area contributed by atoms with Gasteiger partial charge in [0.1, 0.15) is 12.0 Å². The second-order valence-corrected chi connectivity index (χ2v) is 7.86. The lowest BCUT2D eigenvalue weighted by atomic mass is 10.0. The van der Waals surface area contributed by atoms with Gasteiger partial charge in [-0.1, -0.05) is 48.5 Å². The number of anilines is 1. The number of nitrogens with one attached hydrogen (secondary N) is 2. The molecule has 0 fully saturated rings. The van der Waals surface area contributed by atoms with E-state index in [9.17, 15) is 17.6 Å². The fourth-order valence-electron chi connectivity index (χ4n) is 3.04. The Labute approximate surface area is 161 Å². The minimum absolute atomic E-state index is 0.00561. The summed E-state index contributed by atoms with van der Waals surface area (Å²) in [5.41, 5.74) is 0.919. The second-order valence-electron chi connectivity index (χ2n) is 6.20. The van der Waals surface area contributed by atoms with Crippen LogP contribution in [0.15, 0.2) is 83.8 Å². The van der Waals surface area contributed by atoms with Gasteiger partial charge in [0.25, 0.3) is 15.9 Å². The van der Waals surface area contributed by atoms with Crippen LogP contribution in [0.2, 0.25) is 0 Å². The van der Waals surface area contributed by atoms with Crippen molar-refractivity contribution >= 4 is 21.6 Å². The fourth-order valence-corrected chi connectivity index (χ4v) is 4.11. The predicted octanol–water partition coefficient (Wildman–Crippen LogP) is 3.29. The van der Waals surface area contributed by atoms with Crippen LogP contribution in [0.1, 0.15) is 22.1 Å². The first-order valence-electron chi connectivity index (χ1n) is 8.48. The summed E-state index contributed by atoms with van der Waals surface area (Å²) in [4.78, 5) is 15.4. The lowest BCUT2D eigenvalue weighted by Gasteiger charge is -2.37. The average Bonchev–Trinajstić information content (AvgIpc) is 2.71. The summed E-state index contributed by atoms with van der Waals surface area (Å²) in [6.45, 7) is 0. The molecule has 0 saturated carbocycles. The SMILES string of the molecule is O=C1c2ccccc2NC(c2ccccc2F)N1NS(=O)(=O)c1ccccc1. The number of nitrogens with zero attached hydrogens (tertiary/aromatic N) is 1. The zero-order valence-corrected chi connectivity index (χ0v) is 15.4. The van der Waals surface area contributed by atoms with E-state index in [-0.39, 0.29) is 16.0 Å². The number of benzene rings is 3. The van der Waals surface area contributed by atoms with E-state index in [2.05, 4.69) is 10.1 Å². The van der Waals surface area contributed by atoms with Gasteiger partial charge in [0.15, 0.2) is 0 Å². The van der Waals surface area contributed by atoms with E-state index in [1.807, 2.05) is 0 Å². The van der Waals surface area contributed by atoms with Crippen molar-refractivity contribution in [2.24, 2.45) is 0 Å². The molecule has 1 atom stereocenters. The zero-order valence-electron chi connectivity index (χ0n) is 14.5. The highest BCUT2D eigenvalue weighted by Crippen LogP contribution is 2.33. The van der Waals surface area contributed by atoms with Gasteiger partial charge in [0, 0.05) is 11.3 Å². The summed E-state index contributed by atoms with van der Waals surface area (Å²) < 4.78 is 40.0. The van der Waals surface area contributed by atoms with Crippen LogP contribution in [0.3, 0.4) is 0 Å². The molecule has 6 nitrogen and oxygen atoms in total. The van der Waals surface area contributed by atoms with Gasteiger partial charge in [-0.15, -0.1) is 4.83 Å². The molecule has 142 valence electrons. The lowest BCUT2D eigenvalue weighted by molar-refractivity contribution is 0.0629. The number of rotatable bonds is 4. The third-order valence-corrected chi connectivity index (χ3v) is 5.73. The van der Waals surface area contributed by atoms with E-state index < -0.39 is 27.9 Å². The van der Waals surface area contributed by atoms with Gasteiger partial charge in [-0.2, -0.15) is 0 Å². The maximum Gasteiger partial charge on any atom is 0.273 e. The highest BCUT2D eigenvalue weighted by Gasteiger charge is 2.37. The monoisotopic (exact) mass is 397 g/mol. The molecule has 1 aliphatic heterocycles. The lowest BCUT2D eigenvalue weighted by Crippen LogP contribution is -2.52. The predicted molar refractivity (Wildman–Crippen MR) is 102 cm³/mol. The van der Waals surface area contributed by atoms with E-state index in [1.54, 1.807) is 48.5 Å². The number of carbonyl (C=O) groups excluding carboxylic acids is 1. The Morgan fingerprint density at radius 3 is 2.29 bits per heavy atom. The number of para-hydroxylation sites is 1. The standard InChI is InChI=1S/C20H16FN3O3S/c21-17-12-6-4-10-15(17)19-22-18-13-7-5-11-16(18)20(25)24(19)23-28(26,27)14-8-2-1-3-9-14/h1-13,19,22-23H. The Morgan fingerprint density at radius 2 is 1.54 bits per heavy atom. The number of carbonyl (C=O) groups is 1. The molecule has 1 heterocycles. The van der Waals surface area contributed by atoms with Crippen LogP contribution in [-0.4, -0.2) is 19.3 Å². The van der Waals surface area contributed by atoms with E-state index >= 15 is 0 Å². The summed E-state index contributed by atoms with van der Waals surface area (Å²) in [6, 6.07) is 20.2. The molecule has 4 rings (SSSR count). The number of sulfonamides is 1. The molecule has 3 aromatic carbocycles. The minimum Gasteiger partial charge on any atom is -0.360 e. The first-order chi connectivity index (χ1) is 13.5. The molecule has 0 saturated heterocycles. The average molecular weight is 397 g/mol. The van der Waals surface area contributed by atoms with Crippen molar-refractivity contribution in [3.63, 3.8) is 0 Å². The molecule has 2 N–H and O–H groups in total. The molecule has 1 aliphatic rings. The van der Waals surface area contributed by atoms with Crippen molar-refractivity contribution < 1.29 is 17.6 Å². The van der Waals surface area contributed by atoms with E-state index in [0.29, 0.717) is 5.69 Å². The number of hydrogen-bond donors (Lipinski definition) is 2. The zero-order chi connectivity index (χ0) is 19.7. The van der Waals surface area contributed by atoms with Gasteiger partial charge in [0.05, 0.1) is 10.5 Å². The summed E-state index contributed by atoms with van der Waals surface area (Å²) in [5.74, 6) is -1.14. The van der Waals surface area contributed by atoms with E-state index in [4.69, 9.17) is 0 Å². The summed E-state index contributed by atoms with van der Waals surface area (Å²) in [7, 11) is -4.06. The van der Waals surface area contributed by atoms with Crippen molar-refractivity contribution in [3.8, 4) is 0 Å². The van der Waals surface area contributed by atoms with E-state index in [0.717, 1.165) is 5.01 Å². The maximum atomic E-state index is 14.5. The fraction of sp³-hybridized carbons (Fsp3) is 0.0500. The summed E-state index contributed by atoms with van der Waals surface area (Å²) >= 11 is 0. The molecule has 0 aliphatic carbocycles. The largest absolute Gasteiger partial charge is 0.360 e. The Kier molecular flexibility index (Phi) is 4.58. The molecular weight excluding hydrogens is 381 g/mol. The smallest absolute Gasteiger partial charge is 0.273 e. The van der Waals surface area contributed by atoms with Crippen molar-refractivity contribution in [2.45, 2.75) is 11.1 Å². The van der Waals surface area contributed by atoms with Crippen LogP contribution in [0.25, 0.3) is 0 Å². The maximum absolute atomic E-state index is 14.5. The molecule has 3 aromatic rings. The van der Waals surface area contributed by atoms with Gasteiger partial charge in [0.2, 0.25) is 0 Å². The molecule has 0 spiro atoms. The topological polar surface area (TPSA) is 78.5 Å². The van der Waals surface area contributed by atoms with Gasteiger partial charge < -0.3 is 5.32 Å². The molecule has 0 radical (unpaired) electrons. The quantitative estimate of drug-likeness (QED) is 0.708. The molecule has 0 aromatic heterocycles. The van der Waals surface area contributed by atoms with Crippen LogP contribution in [0, 0.1) is 5.82 Å². The summed E-state index contributed by atoms with van der Waals surface area (Å²) in [6.07, 6.45) is -1.05. The van der Waals surface area contributed by atoms with Crippen molar-refractivity contribution in [3.05, 3.63) is 95.8 Å². The Morgan fingerprint density at radius 1 is 0.893 bits per heavy atom. The molecule has 28 heavy (non-hydrogen) atoms. The van der Waals surface area contributed by atoms with Crippen molar-refractivity contribution in [2.75, 3.05) is 5.32 Å². The van der Waals surface area contributed by atoms with Crippen LogP contribution < -0.4 is 10.1 Å². The van der Waals surface area contributed by atoms with Crippen LogP contribution in [0.5, 0.6) is 0 Å². The highest BCUT2D eigenvalue weighted by molar-refractivity contribution is 7.89.